The van der Waals surface area contributed by atoms with Crippen molar-refractivity contribution in [1.82, 2.24) is 9.58 Å². The molecular weight excluding hydrogens is 413 g/mol. The summed E-state index contributed by atoms with van der Waals surface area (Å²) in [5, 5.41) is 16.5. The molecule has 0 radical (unpaired) electrons. The lowest BCUT2D eigenvalue weighted by Crippen LogP contribution is -2.35. The summed E-state index contributed by atoms with van der Waals surface area (Å²) in [6.07, 6.45) is 4.27. The highest BCUT2D eigenvalue weighted by atomic mass is 32.2. The van der Waals surface area contributed by atoms with Crippen LogP contribution in [0.1, 0.15) is 24.5 Å². The fourth-order valence-corrected chi connectivity index (χ4v) is 4.49. The Morgan fingerprint density at radius 3 is 2.74 bits per heavy atom. The van der Waals surface area contributed by atoms with E-state index >= 15 is 0 Å². The van der Waals surface area contributed by atoms with Crippen molar-refractivity contribution in [3.8, 4) is 0 Å². The van der Waals surface area contributed by atoms with Gasteiger partial charge < -0.3 is 4.57 Å². The number of hydrazone groups is 1. The summed E-state index contributed by atoms with van der Waals surface area (Å²) < 4.78 is 16.2. The van der Waals surface area contributed by atoms with Gasteiger partial charge in [0.1, 0.15) is 10.9 Å². The van der Waals surface area contributed by atoms with Crippen molar-refractivity contribution in [1.29, 1.82) is 5.41 Å². The molecule has 0 atom stereocenters. The van der Waals surface area contributed by atoms with Crippen LogP contribution in [-0.4, -0.2) is 31.5 Å². The molecule has 0 bridgehead atoms. The number of carbonyl (C=O) groups is 1. The first-order chi connectivity index (χ1) is 15.0. The van der Waals surface area contributed by atoms with E-state index in [2.05, 4.69) is 10.1 Å². The monoisotopic (exact) mass is 431 g/mol. The lowest BCUT2D eigenvalue weighted by Gasteiger charge is -2.20. The predicted octanol–water partition coefficient (Wildman–Crippen LogP) is 4.86. The Morgan fingerprint density at radius 2 is 1.94 bits per heavy atom. The average molecular weight is 431 g/mol. The van der Waals surface area contributed by atoms with Gasteiger partial charge in [0.15, 0.2) is 5.84 Å². The van der Waals surface area contributed by atoms with Gasteiger partial charge in [0.05, 0.1) is 12.1 Å². The lowest BCUT2D eigenvalue weighted by molar-refractivity contribution is -0.114. The minimum Gasteiger partial charge on any atom is -0.342 e. The number of aliphatic imine (C=N–C) groups is 1. The van der Waals surface area contributed by atoms with E-state index in [4.69, 9.17) is 5.41 Å². The van der Waals surface area contributed by atoms with Crippen molar-refractivity contribution in [3.05, 3.63) is 77.2 Å². The summed E-state index contributed by atoms with van der Waals surface area (Å²) in [5.74, 6) is -0.707. The number of amidine groups is 2. The van der Waals surface area contributed by atoms with E-state index in [1.165, 1.54) is 22.8 Å². The van der Waals surface area contributed by atoms with Gasteiger partial charge in [-0.15, -0.1) is 0 Å². The van der Waals surface area contributed by atoms with Crippen LogP contribution in [0.15, 0.2) is 70.4 Å². The van der Waals surface area contributed by atoms with Crippen LogP contribution >= 0.6 is 11.8 Å². The number of halogens is 1. The molecule has 2 aromatic carbocycles. The Bertz CT molecular complexity index is 1340. The Balaban J connectivity index is 1.58. The number of carbonyl (C=O) groups excluding carboxylic acids is 1. The van der Waals surface area contributed by atoms with Gasteiger partial charge in [-0.25, -0.2) is 4.39 Å². The molecule has 0 saturated heterocycles. The first-order valence-corrected chi connectivity index (χ1v) is 10.7. The SMILES string of the molecule is CCC1=NN2C(=N)/C(=C/c3cn(Cc4ccccc4F)c4ccccc34)C(=O)N=C2S1. The number of hydrogen-bond acceptors (Lipinski definition) is 4. The first kappa shape index (κ1) is 19.4. The minimum atomic E-state index is -0.456. The molecule has 1 amide bonds. The number of aromatic nitrogens is 1. The van der Waals surface area contributed by atoms with Gasteiger partial charge in [0.25, 0.3) is 5.91 Å². The summed E-state index contributed by atoms with van der Waals surface area (Å²) in [5.41, 5.74) is 2.44. The largest absolute Gasteiger partial charge is 0.342 e. The lowest BCUT2D eigenvalue weighted by atomic mass is 10.1. The van der Waals surface area contributed by atoms with Crippen LogP contribution in [0.5, 0.6) is 0 Å². The molecule has 154 valence electrons. The van der Waals surface area contributed by atoms with Crippen molar-refractivity contribution in [3.63, 3.8) is 0 Å². The second-order valence-electron chi connectivity index (χ2n) is 7.19. The Kier molecular flexibility index (Phi) is 4.78. The van der Waals surface area contributed by atoms with Crippen molar-refractivity contribution in [2.45, 2.75) is 19.9 Å². The average Bonchev–Trinajstić information content (AvgIpc) is 3.34. The third-order valence-electron chi connectivity index (χ3n) is 5.22. The zero-order valence-electron chi connectivity index (χ0n) is 16.7. The van der Waals surface area contributed by atoms with Crippen LogP contribution in [0.25, 0.3) is 17.0 Å². The van der Waals surface area contributed by atoms with Gasteiger partial charge in [-0.3, -0.25) is 10.2 Å². The van der Waals surface area contributed by atoms with Gasteiger partial charge in [-0.2, -0.15) is 15.1 Å². The third kappa shape index (κ3) is 3.38. The van der Waals surface area contributed by atoms with Crippen LogP contribution in [0.2, 0.25) is 0 Å². The maximum Gasteiger partial charge on any atom is 0.283 e. The minimum absolute atomic E-state index is 0.0110. The molecule has 1 aromatic heterocycles. The zero-order valence-corrected chi connectivity index (χ0v) is 17.5. The van der Waals surface area contributed by atoms with Gasteiger partial charge >= 0.3 is 0 Å². The van der Waals surface area contributed by atoms with Gasteiger partial charge in [-0.05, 0) is 36.4 Å². The normalized spacial score (nSPS) is 17.4. The quantitative estimate of drug-likeness (QED) is 0.600. The van der Waals surface area contributed by atoms with Crippen molar-refractivity contribution in [2.24, 2.45) is 10.1 Å². The molecule has 0 fully saturated rings. The molecule has 3 heterocycles. The zero-order chi connectivity index (χ0) is 21.5. The smallest absolute Gasteiger partial charge is 0.283 e. The number of nitrogens with zero attached hydrogens (tertiary/aromatic N) is 4. The number of rotatable bonds is 4. The number of amides is 1. The Labute approximate surface area is 182 Å². The summed E-state index contributed by atoms with van der Waals surface area (Å²) >= 11 is 1.32. The van der Waals surface area contributed by atoms with Crippen molar-refractivity contribution < 1.29 is 9.18 Å². The molecule has 0 aliphatic carbocycles. The summed E-state index contributed by atoms with van der Waals surface area (Å²) in [7, 11) is 0. The van der Waals surface area contributed by atoms with E-state index in [1.807, 2.05) is 48.0 Å². The van der Waals surface area contributed by atoms with E-state index < -0.39 is 5.91 Å². The maximum absolute atomic E-state index is 14.2. The third-order valence-corrected chi connectivity index (χ3v) is 6.27. The van der Waals surface area contributed by atoms with Crippen LogP contribution in [0.3, 0.4) is 0 Å². The molecule has 8 heteroatoms. The molecule has 2 aliphatic heterocycles. The first-order valence-electron chi connectivity index (χ1n) is 9.85. The summed E-state index contributed by atoms with van der Waals surface area (Å²) in [6.45, 7) is 2.33. The number of para-hydroxylation sites is 1. The number of benzene rings is 2. The second kappa shape index (κ2) is 7.63. The Hall–Kier alpha value is -3.52. The highest BCUT2D eigenvalue weighted by Gasteiger charge is 2.35. The number of fused-ring (bicyclic) bond motifs is 2. The summed E-state index contributed by atoms with van der Waals surface area (Å²) in [4.78, 5) is 16.8. The van der Waals surface area contributed by atoms with E-state index in [0.29, 0.717) is 23.7 Å². The number of thioether (sulfide) groups is 1. The molecule has 6 nitrogen and oxygen atoms in total. The maximum atomic E-state index is 14.2. The van der Waals surface area contributed by atoms with Crippen LogP contribution in [0, 0.1) is 11.2 Å². The van der Waals surface area contributed by atoms with E-state index in [1.54, 1.807) is 18.2 Å². The van der Waals surface area contributed by atoms with Crippen molar-refractivity contribution in [2.75, 3.05) is 0 Å². The fraction of sp³-hybridized carbons (Fsp3) is 0.130. The fourth-order valence-electron chi connectivity index (χ4n) is 3.66. The molecule has 3 aromatic rings. The summed E-state index contributed by atoms with van der Waals surface area (Å²) in [6, 6.07) is 14.4. The molecule has 5 rings (SSSR count). The number of hydrogen-bond donors (Lipinski definition) is 1. The molecule has 0 saturated carbocycles. The molecule has 2 aliphatic rings. The van der Waals surface area contributed by atoms with E-state index in [9.17, 15) is 9.18 Å². The van der Waals surface area contributed by atoms with Crippen LogP contribution in [0.4, 0.5) is 4.39 Å². The molecular formula is C23H18FN5OS. The molecule has 0 unspecified atom stereocenters. The molecule has 1 N–H and O–H groups in total. The standard InChI is InChI=1S/C23H18FN5OS/c1-2-20-27-29-21(25)17(22(30)26-23(29)31-20)11-15-13-28(19-10-6-4-8-16(15)19)12-14-7-3-5-9-18(14)24/h3-11,13,25H,2,12H2,1H3/b17-11-,25-21?. The Morgan fingerprint density at radius 1 is 1.16 bits per heavy atom. The van der Waals surface area contributed by atoms with Gasteiger partial charge in [-0.1, -0.05) is 43.3 Å². The predicted molar refractivity (Wildman–Crippen MR) is 123 cm³/mol. The van der Waals surface area contributed by atoms with Crippen LogP contribution < -0.4 is 0 Å². The van der Waals surface area contributed by atoms with Crippen molar-refractivity contribution >= 4 is 50.7 Å². The van der Waals surface area contributed by atoms with E-state index in [-0.39, 0.29) is 17.2 Å². The van der Waals surface area contributed by atoms with Crippen LogP contribution in [-0.2, 0) is 11.3 Å². The highest BCUT2D eigenvalue weighted by molar-refractivity contribution is 8.26. The van der Waals surface area contributed by atoms with Gasteiger partial charge in [0, 0.05) is 28.2 Å². The van der Waals surface area contributed by atoms with E-state index in [0.717, 1.165) is 21.5 Å². The molecule has 31 heavy (non-hydrogen) atoms. The topological polar surface area (TPSA) is 73.8 Å². The number of nitrogens with one attached hydrogen (secondary N) is 1. The highest BCUT2D eigenvalue weighted by Crippen LogP contribution is 2.31. The molecule has 0 spiro atoms. The second-order valence-corrected chi connectivity index (χ2v) is 8.23. The van der Waals surface area contributed by atoms with Gasteiger partial charge in [0.2, 0.25) is 5.17 Å².